The Bertz CT molecular complexity index is 973. The number of tetrazole rings is 1. The van der Waals surface area contributed by atoms with Crippen LogP contribution in [0.1, 0.15) is 29.7 Å². The molecule has 0 unspecified atom stereocenters. The average Bonchev–Trinajstić information content (AvgIpc) is 3.23. The van der Waals surface area contributed by atoms with Crippen LogP contribution in [0.5, 0.6) is 0 Å². The van der Waals surface area contributed by atoms with Crippen molar-refractivity contribution in [1.29, 1.82) is 0 Å². The Morgan fingerprint density at radius 1 is 1.14 bits per heavy atom. The van der Waals surface area contributed by atoms with E-state index in [-0.39, 0.29) is 0 Å². The number of hydrogen-bond acceptors (Lipinski definition) is 6. The molecule has 1 aromatic heterocycles. The van der Waals surface area contributed by atoms with E-state index >= 15 is 0 Å². The molecule has 150 valence electrons. The lowest BCUT2D eigenvalue weighted by Gasteiger charge is -2.19. The van der Waals surface area contributed by atoms with E-state index in [1.54, 1.807) is 0 Å². The van der Waals surface area contributed by atoms with Crippen molar-refractivity contribution in [3.8, 4) is 0 Å². The third-order valence-corrected chi connectivity index (χ3v) is 4.53. The van der Waals surface area contributed by atoms with Crippen molar-refractivity contribution in [1.82, 2.24) is 20.2 Å². The second-order valence-corrected chi connectivity index (χ2v) is 6.88. The normalized spacial score (nSPS) is 12.8. The number of aromatic nitrogens is 4. The van der Waals surface area contributed by atoms with Gasteiger partial charge in [-0.05, 0) is 48.4 Å². The first-order chi connectivity index (χ1) is 13.9. The molecule has 2 atom stereocenters. The summed E-state index contributed by atoms with van der Waals surface area (Å²) in [5.41, 5.74) is 3.65. The van der Waals surface area contributed by atoms with E-state index in [1.165, 1.54) is 17.9 Å². The lowest BCUT2D eigenvalue weighted by Crippen LogP contribution is -2.34. The Hall–Kier alpha value is -3.55. The van der Waals surface area contributed by atoms with E-state index in [2.05, 4.69) is 20.8 Å². The van der Waals surface area contributed by atoms with Crippen LogP contribution in [-0.2, 0) is 20.7 Å². The van der Waals surface area contributed by atoms with Gasteiger partial charge < -0.3 is 10.1 Å². The second-order valence-electron chi connectivity index (χ2n) is 6.88. The molecule has 0 spiro atoms. The molecule has 3 aromatic rings. The number of nitrogens with one attached hydrogen (secondary N) is 1. The molecule has 0 radical (unpaired) electrons. The van der Waals surface area contributed by atoms with Crippen LogP contribution in [0.2, 0.25) is 0 Å². The number of ether oxygens (including phenoxy) is 1. The third kappa shape index (κ3) is 5.25. The molecule has 3 rings (SSSR count). The van der Waals surface area contributed by atoms with E-state index in [9.17, 15) is 9.59 Å². The summed E-state index contributed by atoms with van der Waals surface area (Å²) in [5.74, 6) is -0.982. The fraction of sp³-hybridized carbons (Fsp3) is 0.286. The van der Waals surface area contributed by atoms with E-state index in [1.807, 2.05) is 62.4 Å². The van der Waals surface area contributed by atoms with Crippen molar-refractivity contribution >= 4 is 17.6 Å². The van der Waals surface area contributed by atoms with Crippen LogP contribution in [0.3, 0.4) is 0 Å². The zero-order chi connectivity index (χ0) is 20.8. The Labute approximate surface area is 168 Å². The van der Waals surface area contributed by atoms with Crippen LogP contribution in [0, 0.1) is 13.8 Å². The van der Waals surface area contributed by atoms with Gasteiger partial charge in [0.2, 0.25) is 0 Å². The highest BCUT2D eigenvalue weighted by Crippen LogP contribution is 2.18. The maximum absolute atomic E-state index is 12.8. The molecule has 1 amide bonds. The maximum Gasteiger partial charge on any atom is 0.332 e. The number of benzene rings is 2. The molecule has 0 aliphatic carbocycles. The first-order valence-corrected chi connectivity index (χ1v) is 9.29. The molecule has 8 nitrogen and oxygen atoms in total. The Morgan fingerprint density at radius 3 is 2.55 bits per heavy atom. The van der Waals surface area contributed by atoms with Gasteiger partial charge in [-0.1, -0.05) is 48.0 Å². The number of anilines is 1. The average molecular weight is 393 g/mol. The summed E-state index contributed by atoms with van der Waals surface area (Å²) in [6, 6.07) is 14.4. The lowest BCUT2D eigenvalue weighted by atomic mass is 10.1. The van der Waals surface area contributed by atoms with Gasteiger partial charge in [-0.2, -0.15) is 0 Å². The minimum absolute atomic E-state index is 0.343. The first kappa shape index (κ1) is 20.2. The van der Waals surface area contributed by atoms with Gasteiger partial charge in [-0.15, -0.1) is 5.10 Å². The van der Waals surface area contributed by atoms with Crippen molar-refractivity contribution in [2.45, 2.75) is 39.3 Å². The highest BCUT2D eigenvalue weighted by atomic mass is 16.5. The van der Waals surface area contributed by atoms with Crippen molar-refractivity contribution in [3.05, 3.63) is 71.5 Å². The third-order valence-electron chi connectivity index (χ3n) is 4.53. The Balaban J connectivity index is 1.68. The molecule has 0 fully saturated rings. The molecular weight excluding hydrogens is 370 g/mol. The zero-order valence-corrected chi connectivity index (χ0v) is 16.6. The van der Waals surface area contributed by atoms with Crippen LogP contribution < -0.4 is 5.32 Å². The number of carbonyl (C=O) groups is 2. The minimum atomic E-state index is -0.974. The monoisotopic (exact) mass is 393 g/mol. The second kappa shape index (κ2) is 9.09. The molecule has 0 aliphatic heterocycles. The zero-order valence-electron chi connectivity index (χ0n) is 16.6. The van der Waals surface area contributed by atoms with Crippen molar-refractivity contribution in [2.24, 2.45) is 0 Å². The standard InChI is InChI=1S/C21H23N5O3/c1-14-9-10-18(15(2)11-14)23-20(27)16(3)29-21(28)19(26-13-22-24-25-26)12-17-7-5-4-6-8-17/h4-11,13,16,19H,12H2,1-3H3,(H,23,27)/t16-,19-/m0/s1. The number of amides is 1. The molecule has 1 heterocycles. The Kier molecular flexibility index (Phi) is 6.33. The van der Waals surface area contributed by atoms with Gasteiger partial charge in [0, 0.05) is 12.1 Å². The van der Waals surface area contributed by atoms with E-state index in [0.717, 1.165) is 16.7 Å². The van der Waals surface area contributed by atoms with Crippen molar-refractivity contribution in [2.75, 3.05) is 5.32 Å². The molecule has 0 saturated carbocycles. The van der Waals surface area contributed by atoms with Gasteiger partial charge in [-0.3, -0.25) is 4.79 Å². The molecule has 0 aliphatic rings. The van der Waals surface area contributed by atoms with Crippen LogP contribution in [-0.4, -0.2) is 38.2 Å². The topological polar surface area (TPSA) is 99.0 Å². The molecular formula is C21H23N5O3. The fourth-order valence-electron chi connectivity index (χ4n) is 2.93. The molecule has 2 aromatic carbocycles. The van der Waals surface area contributed by atoms with Gasteiger partial charge in [0.1, 0.15) is 6.33 Å². The maximum atomic E-state index is 12.8. The molecule has 1 N–H and O–H groups in total. The largest absolute Gasteiger partial charge is 0.451 e. The number of nitrogens with zero attached hydrogens (tertiary/aromatic N) is 4. The van der Waals surface area contributed by atoms with E-state index in [0.29, 0.717) is 12.1 Å². The summed E-state index contributed by atoms with van der Waals surface area (Å²) in [5, 5.41) is 13.8. The first-order valence-electron chi connectivity index (χ1n) is 9.29. The molecule has 0 bridgehead atoms. The summed E-state index contributed by atoms with van der Waals surface area (Å²) < 4.78 is 6.78. The van der Waals surface area contributed by atoms with E-state index in [4.69, 9.17) is 4.74 Å². The summed E-state index contributed by atoms with van der Waals surface area (Å²) in [7, 11) is 0. The van der Waals surface area contributed by atoms with Crippen LogP contribution >= 0.6 is 0 Å². The highest BCUT2D eigenvalue weighted by Gasteiger charge is 2.28. The molecule has 29 heavy (non-hydrogen) atoms. The number of aryl methyl sites for hydroxylation is 2. The van der Waals surface area contributed by atoms with Gasteiger partial charge in [0.25, 0.3) is 5.91 Å². The fourth-order valence-corrected chi connectivity index (χ4v) is 2.93. The Morgan fingerprint density at radius 2 is 1.90 bits per heavy atom. The summed E-state index contributed by atoms with van der Waals surface area (Å²) in [6.45, 7) is 5.43. The van der Waals surface area contributed by atoms with Gasteiger partial charge >= 0.3 is 5.97 Å². The van der Waals surface area contributed by atoms with E-state index < -0.39 is 24.0 Å². The highest BCUT2D eigenvalue weighted by molar-refractivity contribution is 5.95. The number of carbonyl (C=O) groups excluding carboxylic acids is 2. The molecule has 8 heteroatoms. The van der Waals surface area contributed by atoms with Crippen molar-refractivity contribution in [3.63, 3.8) is 0 Å². The van der Waals surface area contributed by atoms with Gasteiger partial charge in [-0.25, -0.2) is 9.48 Å². The minimum Gasteiger partial charge on any atom is -0.451 e. The SMILES string of the molecule is Cc1ccc(NC(=O)[C@H](C)OC(=O)[C@H](Cc2ccccc2)n2cnnn2)c(C)c1. The van der Waals surface area contributed by atoms with Crippen LogP contribution in [0.15, 0.2) is 54.9 Å². The molecule has 0 saturated heterocycles. The van der Waals surface area contributed by atoms with Crippen molar-refractivity contribution < 1.29 is 14.3 Å². The number of hydrogen-bond donors (Lipinski definition) is 1. The lowest BCUT2D eigenvalue weighted by molar-refractivity contribution is -0.156. The number of rotatable bonds is 7. The van der Waals surface area contributed by atoms with Gasteiger partial charge in [0.15, 0.2) is 12.1 Å². The van der Waals surface area contributed by atoms with Crippen LogP contribution in [0.4, 0.5) is 5.69 Å². The van der Waals surface area contributed by atoms with Gasteiger partial charge in [0.05, 0.1) is 0 Å². The predicted molar refractivity (Wildman–Crippen MR) is 107 cm³/mol. The predicted octanol–water partition coefficient (Wildman–Crippen LogP) is 2.64. The van der Waals surface area contributed by atoms with Crippen LogP contribution in [0.25, 0.3) is 0 Å². The summed E-state index contributed by atoms with van der Waals surface area (Å²) in [4.78, 5) is 25.3. The summed E-state index contributed by atoms with van der Waals surface area (Å²) >= 11 is 0. The summed E-state index contributed by atoms with van der Waals surface area (Å²) in [6.07, 6.45) is 0.726. The number of esters is 1. The smallest absolute Gasteiger partial charge is 0.332 e. The quantitative estimate of drug-likeness (QED) is 0.620.